The molecular formula is C36H48N6O9. The standard InChI is InChI=1S/C36H48N6O9/c43-32(42-29-11-5-4-10-26(29)22-30(42)35(47)48)14-13-27(34(45)46)38-33(44)28(39-36(49)51-23-25-8-2-1-3-9-25)24-50-21-20-40-16-18-41(19-17-40)31-12-6-7-15-37-31/h1-3,6-9,12,15,26-30H,4-5,10-11,13-14,16-24H2,(H,38,44)(H,39,49)(H,45,46)(H,47,48)/t26-,27+,28-,29-,30-/m0/s1. The van der Waals surface area contributed by atoms with Gasteiger partial charge in [-0.15, -0.1) is 0 Å². The summed E-state index contributed by atoms with van der Waals surface area (Å²) in [5.74, 6) is -2.65. The molecule has 0 unspecified atom stereocenters. The Bertz CT molecular complexity index is 1470. The van der Waals surface area contributed by atoms with Gasteiger partial charge in [0.15, 0.2) is 0 Å². The number of ether oxygens (including phenoxy) is 2. The minimum absolute atomic E-state index is 0.0398. The van der Waals surface area contributed by atoms with E-state index in [1.54, 1.807) is 30.5 Å². The fourth-order valence-electron chi connectivity index (χ4n) is 7.19. The Morgan fingerprint density at radius 1 is 0.902 bits per heavy atom. The summed E-state index contributed by atoms with van der Waals surface area (Å²) >= 11 is 0. The highest BCUT2D eigenvalue weighted by atomic mass is 16.5. The first-order chi connectivity index (χ1) is 24.7. The van der Waals surface area contributed by atoms with Crippen molar-refractivity contribution in [3.8, 4) is 0 Å². The van der Waals surface area contributed by atoms with Crippen molar-refractivity contribution in [2.45, 2.75) is 75.7 Å². The third-order valence-electron chi connectivity index (χ3n) is 9.93. The fourth-order valence-corrected chi connectivity index (χ4v) is 7.19. The van der Waals surface area contributed by atoms with Crippen LogP contribution in [0.4, 0.5) is 10.6 Å². The van der Waals surface area contributed by atoms with Crippen LogP contribution in [0.2, 0.25) is 0 Å². The van der Waals surface area contributed by atoms with Crippen LogP contribution in [0.5, 0.6) is 0 Å². The van der Waals surface area contributed by atoms with E-state index in [2.05, 4.69) is 25.4 Å². The molecule has 276 valence electrons. The third kappa shape index (κ3) is 10.6. The molecule has 1 aromatic carbocycles. The molecule has 2 saturated heterocycles. The molecule has 5 atom stereocenters. The first-order valence-electron chi connectivity index (χ1n) is 17.7. The van der Waals surface area contributed by atoms with Crippen LogP contribution in [0.15, 0.2) is 54.7 Å². The second kappa shape index (κ2) is 18.5. The molecule has 2 aliphatic heterocycles. The normalized spacial score (nSPS) is 21.6. The van der Waals surface area contributed by atoms with Crippen LogP contribution in [0, 0.1) is 5.92 Å². The molecular weight excluding hydrogens is 660 g/mol. The number of carbonyl (C=O) groups excluding carboxylic acids is 3. The van der Waals surface area contributed by atoms with Crippen LogP contribution >= 0.6 is 0 Å². The smallest absolute Gasteiger partial charge is 0.408 e. The summed E-state index contributed by atoms with van der Waals surface area (Å²) in [5, 5.41) is 24.7. The SMILES string of the molecule is O=C(N[C@@H](COCCN1CCN(c2ccccn2)CC1)C(=O)N[C@H](CCC(=O)N1[C@H](C(=O)O)C[C@@H]2CCCC[C@@H]21)C(=O)O)OCc1ccccc1. The van der Waals surface area contributed by atoms with E-state index in [9.17, 15) is 34.2 Å². The molecule has 2 aromatic rings. The van der Waals surface area contributed by atoms with Crippen molar-refractivity contribution in [3.63, 3.8) is 0 Å². The number of benzene rings is 1. The van der Waals surface area contributed by atoms with Crippen LogP contribution in [-0.4, -0.2) is 125 Å². The number of rotatable bonds is 16. The highest BCUT2D eigenvalue weighted by molar-refractivity contribution is 5.90. The number of hydrogen-bond acceptors (Lipinski definition) is 10. The average Bonchev–Trinajstić information content (AvgIpc) is 3.55. The Morgan fingerprint density at radius 3 is 2.35 bits per heavy atom. The van der Waals surface area contributed by atoms with Crippen molar-refractivity contribution in [1.82, 2.24) is 25.4 Å². The summed E-state index contributed by atoms with van der Waals surface area (Å²) in [6, 6.07) is 10.9. The second-order valence-corrected chi connectivity index (χ2v) is 13.3. The van der Waals surface area contributed by atoms with E-state index < -0.39 is 48.0 Å². The predicted octanol–water partition coefficient (Wildman–Crippen LogP) is 2.11. The van der Waals surface area contributed by atoms with Gasteiger partial charge >= 0.3 is 18.0 Å². The zero-order valence-corrected chi connectivity index (χ0v) is 28.7. The number of carboxylic acids is 2. The van der Waals surface area contributed by atoms with E-state index in [4.69, 9.17) is 9.47 Å². The van der Waals surface area contributed by atoms with E-state index >= 15 is 0 Å². The quantitative estimate of drug-likeness (QED) is 0.186. The topological polar surface area (TPSA) is 191 Å². The van der Waals surface area contributed by atoms with Crippen molar-refractivity contribution in [2.24, 2.45) is 5.92 Å². The van der Waals surface area contributed by atoms with Crippen molar-refractivity contribution in [1.29, 1.82) is 0 Å². The van der Waals surface area contributed by atoms with Gasteiger partial charge < -0.3 is 40.1 Å². The molecule has 1 aromatic heterocycles. The summed E-state index contributed by atoms with van der Waals surface area (Å²) in [7, 11) is 0. The molecule has 0 radical (unpaired) electrons. The number of piperazine rings is 1. The molecule has 4 N–H and O–H groups in total. The highest BCUT2D eigenvalue weighted by Crippen LogP contribution is 2.40. The largest absolute Gasteiger partial charge is 0.480 e. The molecule has 15 heteroatoms. The van der Waals surface area contributed by atoms with Crippen LogP contribution in [0.25, 0.3) is 0 Å². The summed E-state index contributed by atoms with van der Waals surface area (Å²) in [5.41, 5.74) is 0.742. The predicted molar refractivity (Wildman–Crippen MR) is 185 cm³/mol. The summed E-state index contributed by atoms with van der Waals surface area (Å²) in [6.45, 7) is 3.73. The number of hydrogen-bond donors (Lipinski definition) is 4. The zero-order valence-electron chi connectivity index (χ0n) is 28.7. The van der Waals surface area contributed by atoms with E-state index in [0.29, 0.717) is 19.4 Å². The Labute approximate surface area is 297 Å². The van der Waals surface area contributed by atoms with Crippen molar-refractivity contribution in [3.05, 3.63) is 60.3 Å². The van der Waals surface area contributed by atoms with Gasteiger partial charge in [0.2, 0.25) is 11.8 Å². The molecule has 5 rings (SSSR count). The Kier molecular flexibility index (Phi) is 13.6. The van der Waals surface area contributed by atoms with Crippen molar-refractivity contribution < 1.29 is 43.7 Å². The second-order valence-electron chi connectivity index (χ2n) is 13.3. The number of nitrogens with zero attached hydrogens (tertiary/aromatic N) is 4. The fraction of sp³-hybridized carbons (Fsp3) is 0.556. The lowest BCUT2D eigenvalue weighted by molar-refractivity contribution is -0.150. The number of carbonyl (C=O) groups is 5. The molecule has 51 heavy (non-hydrogen) atoms. The maximum Gasteiger partial charge on any atom is 0.408 e. The van der Waals surface area contributed by atoms with Crippen molar-refractivity contribution in [2.75, 3.05) is 50.8 Å². The molecule has 3 amide bonds. The van der Waals surface area contributed by atoms with E-state index in [0.717, 1.165) is 56.8 Å². The van der Waals surface area contributed by atoms with E-state index in [-0.39, 0.29) is 44.6 Å². The lowest BCUT2D eigenvalue weighted by Crippen LogP contribution is -2.54. The molecule has 1 saturated carbocycles. The van der Waals surface area contributed by atoms with Gasteiger partial charge in [-0.3, -0.25) is 14.5 Å². The van der Waals surface area contributed by atoms with Gasteiger partial charge in [-0.25, -0.2) is 19.4 Å². The number of likely N-dealkylation sites (tertiary alicyclic amines) is 1. The number of anilines is 1. The molecule has 3 heterocycles. The van der Waals surface area contributed by atoms with Crippen LogP contribution in [-0.2, 0) is 35.3 Å². The molecule has 15 nitrogen and oxygen atoms in total. The monoisotopic (exact) mass is 708 g/mol. The summed E-state index contributed by atoms with van der Waals surface area (Å²) < 4.78 is 11.1. The number of aromatic nitrogens is 1. The van der Waals surface area contributed by atoms with Gasteiger partial charge in [0, 0.05) is 51.4 Å². The first kappa shape index (κ1) is 37.5. The third-order valence-corrected chi connectivity index (χ3v) is 9.93. The number of fused-ring (bicyclic) bond motifs is 1. The first-order valence-corrected chi connectivity index (χ1v) is 17.7. The molecule has 3 fully saturated rings. The van der Waals surface area contributed by atoms with Gasteiger partial charge in [-0.2, -0.15) is 0 Å². The van der Waals surface area contributed by atoms with Gasteiger partial charge in [0.05, 0.1) is 13.2 Å². The Balaban J connectivity index is 1.14. The number of carboxylic acid groups (broad SMARTS) is 2. The minimum Gasteiger partial charge on any atom is -0.480 e. The number of pyridine rings is 1. The summed E-state index contributed by atoms with van der Waals surface area (Å²) in [6.07, 6.45) is 4.23. The maximum absolute atomic E-state index is 13.4. The van der Waals surface area contributed by atoms with Gasteiger partial charge in [0.25, 0.3) is 0 Å². The van der Waals surface area contributed by atoms with Gasteiger partial charge in [-0.1, -0.05) is 49.2 Å². The molecule has 1 aliphatic carbocycles. The molecule has 0 bridgehead atoms. The molecule has 3 aliphatic rings. The number of aliphatic carboxylic acids is 2. The Hall–Kier alpha value is -4.76. The highest BCUT2D eigenvalue weighted by Gasteiger charge is 2.47. The number of nitrogens with one attached hydrogen (secondary N) is 2. The van der Waals surface area contributed by atoms with E-state index in [1.807, 2.05) is 24.3 Å². The summed E-state index contributed by atoms with van der Waals surface area (Å²) in [4.78, 5) is 74.0. The van der Waals surface area contributed by atoms with Gasteiger partial charge in [0.1, 0.15) is 30.6 Å². The number of amides is 3. The number of alkyl carbamates (subject to hydrolysis) is 1. The zero-order chi connectivity index (χ0) is 36.2. The lowest BCUT2D eigenvalue weighted by atomic mass is 9.84. The minimum atomic E-state index is -1.46. The van der Waals surface area contributed by atoms with E-state index in [1.165, 1.54) is 4.90 Å². The van der Waals surface area contributed by atoms with Crippen LogP contribution in [0.1, 0.15) is 50.5 Å². The van der Waals surface area contributed by atoms with Crippen LogP contribution < -0.4 is 15.5 Å². The van der Waals surface area contributed by atoms with Crippen molar-refractivity contribution >= 4 is 35.7 Å². The Morgan fingerprint density at radius 2 is 1.65 bits per heavy atom. The van der Waals surface area contributed by atoms with Crippen LogP contribution in [0.3, 0.4) is 0 Å². The average molecular weight is 709 g/mol. The van der Waals surface area contributed by atoms with Gasteiger partial charge in [-0.05, 0) is 49.3 Å². The maximum atomic E-state index is 13.4. The lowest BCUT2D eigenvalue weighted by Gasteiger charge is -2.35. The molecule has 0 spiro atoms.